The largest absolute Gasteiger partial charge is 0.357 e. The molecule has 0 radical (unpaired) electrons. The lowest BCUT2D eigenvalue weighted by molar-refractivity contribution is 0.624. The molecule has 1 aromatic heterocycles. The van der Waals surface area contributed by atoms with Gasteiger partial charge < -0.3 is 15.5 Å². The summed E-state index contributed by atoms with van der Waals surface area (Å²) in [6, 6.07) is 10.7. The van der Waals surface area contributed by atoms with Gasteiger partial charge >= 0.3 is 0 Å². The van der Waals surface area contributed by atoms with Crippen molar-refractivity contribution < 1.29 is 4.39 Å². The summed E-state index contributed by atoms with van der Waals surface area (Å²) in [5.74, 6) is 1.50. The van der Waals surface area contributed by atoms with Gasteiger partial charge in [0, 0.05) is 39.4 Å². The predicted molar refractivity (Wildman–Crippen MR) is 99.1 cm³/mol. The third kappa shape index (κ3) is 4.92. The van der Waals surface area contributed by atoms with Gasteiger partial charge in [-0.25, -0.2) is 9.37 Å². The average molecular weight is 341 g/mol. The highest BCUT2D eigenvalue weighted by molar-refractivity contribution is 5.79. The van der Waals surface area contributed by atoms with Crippen LogP contribution in [0.5, 0.6) is 0 Å². The number of halogens is 1. The van der Waals surface area contributed by atoms with Gasteiger partial charge in [0.25, 0.3) is 0 Å². The number of hydrogen-bond donors (Lipinski definition) is 2. The molecule has 3 rings (SSSR count). The number of aliphatic imine (C=N–C) groups is 1. The van der Waals surface area contributed by atoms with E-state index < -0.39 is 0 Å². The zero-order chi connectivity index (χ0) is 17.5. The number of rotatable bonds is 5. The van der Waals surface area contributed by atoms with Crippen LogP contribution in [0.4, 0.5) is 10.2 Å². The van der Waals surface area contributed by atoms with Gasteiger partial charge in [-0.05, 0) is 48.2 Å². The van der Waals surface area contributed by atoms with E-state index in [4.69, 9.17) is 0 Å². The number of aromatic nitrogens is 1. The SMILES string of the molecule is CN=C(NCc1cccc(F)c1)NCc1ccnc(N2CCCC2)c1. The van der Waals surface area contributed by atoms with Crippen molar-refractivity contribution in [1.29, 1.82) is 0 Å². The lowest BCUT2D eigenvalue weighted by Crippen LogP contribution is -2.36. The van der Waals surface area contributed by atoms with Crippen molar-refractivity contribution in [2.24, 2.45) is 4.99 Å². The zero-order valence-electron chi connectivity index (χ0n) is 14.5. The monoisotopic (exact) mass is 341 g/mol. The van der Waals surface area contributed by atoms with Gasteiger partial charge in [0.1, 0.15) is 11.6 Å². The van der Waals surface area contributed by atoms with Gasteiger partial charge in [0.2, 0.25) is 0 Å². The van der Waals surface area contributed by atoms with E-state index in [0.717, 1.165) is 30.0 Å². The minimum absolute atomic E-state index is 0.228. The Morgan fingerprint density at radius 1 is 1.12 bits per heavy atom. The van der Waals surface area contributed by atoms with Crippen molar-refractivity contribution in [3.63, 3.8) is 0 Å². The van der Waals surface area contributed by atoms with Gasteiger partial charge in [-0.1, -0.05) is 12.1 Å². The molecule has 0 bridgehead atoms. The summed E-state index contributed by atoms with van der Waals surface area (Å²) >= 11 is 0. The number of pyridine rings is 1. The van der Waals surface area contributed by atoms with Gasteiger partial charge in [-0.15, -0.1) is 0 Å². The minimum atomic E-state index is -0.228. The van der Waals surface area contributed by atoms with Crippen molar-refractivity contribution in [2.75, 3.05) is 25.0 Å². The molecule has 1 saturated heterocycles. The van der Waals surface area contributed by atoms with E-state index >= 15 is 0 Å². The topological polar surface area (TPSA) is 52.6 Å². The first-order valence-electron chi connectivity index (χ1n) is 8.63. The molecule has 25 heavy (non-hydrogen) atoms. The first-order valence-corrected chi connectivity index (χ1v) is 8.63. The number of anilines is 1. The molecule has 0 aliphatic carbocycles. The van der Waals surface area contributed by atoms with Crippen LogP contribution in [0, 0.1) is 5.82 Å². The van der Waals surface area contributed by atoms with Gasteiger partial charge in [-0.2, -0.15) is 0 Å². The maximum absolute atomic E-state index is 13.2. The molecule has 1 fully saturated rings. The van der Waals surface area contributed by atoms with Crippen LogP contribution in [-0.2, 0) is 13.1 Å². The summed E-state index contributed by atoms with van der Waals surface area (Å²) in [5, 5.41) is 6.49. The molecule has 5 nitrogen and oxygen atoms in total. The van der Waals surface area contributed by atoms with E-state index in [1.54, 1.807) is 13.1 Å². The number of hydrogen-bond acceptors (Lipinski definition) is 3. The Morgan fingerprint density at radius 2 is 1.84 bits per heavy atom. The van der Waals surface area contributed by atoms with Crippen LogP contribution in [0.1, 0.15) is 24.0 Å². The van der Waals surface area contributed by atoms with Crippen LogP contribution < -0.4 is 15.5 Å². The smallest absolute Gasteiger partial charge is 0.191 e. The molecule has 6 heteroatoms. The second-order valence-corrected chi connectivity index (χ2v) is 6.13. The van der Waals surface area contributed by atoms with E-state index in [9.17, 15) is 4.39 Å². The van der Waals surface area contributed by atoms with Gasteiger partial charge in [0.05, 0.1) is 0 Å². The molecule has 2 aromatic rings. The molecular weight excluding hydrogens is 317 g/mol. The Balaban J connectivity index is 1.53. The lowest BCUT2D eigenvalue weighted by atomic mass is 10.2. The molecule has 0 amide bonds. The van der Waals surface area contributed by atoms with Gasteiger partial charge in [0.15, 0.2) is 5.96 Å². The molecule has 0 atom stereocenters. The highest BCUT2D eigenvalue weighted by Crippen LogP contribution is 2.18. The summed E-state index contributed by atoms with van der Waals surface area (Å²) in [7, 11) is 1.73. The third-order valence-corrected chi connectivity index (χ3v) is 4.27. The molecule has 1 aliphatic rings. The Morgan fingerprint density at radius 3 is 2.52 bits per heavy atom. The molecule has 2 heterocycles. The quantitative estimate of drug-likeness (QED) is 0.648. The summed E-state index contributed by atoms with van der Waals surface area (Å²) in [5.41, 5.74) is 2.04. The van der Waals surface area contributed by atoms with Crippen molar-refractivity contribution in [1.82, 2.24) is 15.6 Å². The predicted octanol–water partition coefficient (Wildman–Crippen LogP) is 2.69. The highest BCUT2D eigenvalue weighted by Gasteiger charge is 2.13. The zero-order valence-corrected chi connectivity index (χ0v) is 14.5. The second kappa shape index (κ2) is 8.46. The van der Waals surface area contributed by atoms with Crippen molar-refractivity contribution in [3.8, 4) is 0 Å². The van der Waals surface area contributed by atoms with E-state index in [0.29, 0.717) is 19.0 Å². The highest BCUT2D eigenvalue weighted by atomic mass is 19.1. The fourth-order valence-electron chi connectivity index (χ4n) is 2.93. The fourth-order valence-corrected chi connectivity index (χ4v) is 2.93. The maximum Gasteiger partial charge on any atom is 0.191 e. The summed E-state index contributed by atoms with van der Waals surface area (Å²) in [4.78, 5) is 11.0. The molecule has 0 unspecified atom stereocenters. The normalized spacial score (nSPS) is 14.6. The van der Waals surface area contributed by atoms with E-state index in [-0.39, 0.29) is 5.82 Å². The van der Waals surface area contributed by atoms with E-state index in [2.05, 4.69) is 31.6 Å². The van der Waals surface area contributed by atoms with Crippen LogP contribution in [0.15, 0.2) is 47.6 Å². The minimum Gasteiger partial charge on any atom is -0.357 e. The molecule has 1 aromatic carbocycles. The third-order valence-electron chi connectivity index (χ3n) is 4.27. The van der Waals surface area contributed by atoms with Crippen LogP contribution in [0.25, 0.3) is 0 Å². The lowest BCUT2D eigenvalue weighted by Gasteiger charge is -2.17. The molecule has 0 saturated carbocycles. The van der Waals surface area contributed by atoms with Crippen molar-refractivity contribution in [3.05, 3.63) is 59.5 Å². The fraction of sp³-hybridized carbons (Fsp3) is 0.368. The maximum atomic E-state index is 13.2. The molecule has 1 aliphatic heterocycles. The first kappa shape index (κ1) is 17.2. The van der Waals surface area contributed by atoms with E-state index in [1.165, 1.54) is 25.0 Å². The molecule has 132 valence electrons. The molecular formula is C19H24FN5. The summed E-state index contributed by atoms with van der Waals surface area (Å²) in [6.45, 7) is 3.35. The summed E-state index contributed by atoms with van der Waals surface area (Å²) in [6.07, 6.45) is 4.33. The Hall–Kier alpha value is -2.63. The molecule has 2 N–H and O–H groups in total. The van der Waals surface area contributed by atoms with E-state index in [1.807, 2.05) is 18.3 Å². The number of guanidine groups is 1. The Bertz CT molecular complexity index is 725. The van der Waals surface area contributed by atoms with Crippen LogP contribution in [-0.4, -0.2) is 31.1 Å². The summed E-state index contributed by atoms with van der Waals surface area (Å²) < 4.78 is 13.2. The van der Waals surface area contributed by atoms with Crippen molar-refractivity contribution in [2.45, 2.75) is 25.9 Å². The van der Waals surface area contributed by atoms with Crippen LogP contribution in [0.3, 0.4) is 0 Å². The van der Waals surface area contributed by atoms with Crippen molar-refractivity contribution >= 4 is 11.8 Å². The average Bonchev–Trinajstić information content (AvgIpc) is 3.17. The van der Waals surface area contributed by atoms with Gasteiger partial charge in [-0.3, -0.25) is 4.99 Å². The Labute approximate surface area is 148 Å². The van der Waals surface area contributed by atoms with Crippen LogP contribution >= 0.6 is 0 Å². The second-order valence-electron chi connectivity index (χ2n) is 6.13. The number of nitrogens with zero attached hydrogens (tertiary/aromatic N) is 3. The van der Waals surface area contributed by atoms with Crippen LogP contribution in [0.2, 0.25) is 0 Å². The number of nitrogens with one attached hydrogen (secondary N) is 2. The standard InChI is InChI=1S/C19H24FN5/c1-21-19(23-13-15-5-4-6-17(20)11-15)24-14-16-7-8-22-18(12-16)25-9-2-3-10-25/h4-8,11-12H,2-3,9-10,13-14H2,1H3,(H2,21,23,24). The first-order chi connectivity index (χ1) is 12.2. The molecule has 0 spiro atoms. The Kier molecular flexibility index (Phi) is 5.82. The number of benzene rings is 1.